The number of aryl methyl sites for hydroxylation is 4. The monoisotopic (exact) mass is 283 g/mol. The van der Waals surface area contributed by atoms with Gasteiger partial charge in [0.15, 0.2) is 0 Å². The Hall–Kier alpha value is -1.96. The molecule has 0 heterocycles. The van der Waals surface area contributed by atoms with E-state index >= 15 is 0 Å². The summed E-state index contributed by atoms with van der Waals surface area (Å²) in [5, 5.41) is 13.3. The van der Waals surface area contributed by atoms with Gasteiger partial charge in [-0.05, 0) is 69.4 Å². The van der Waals surface area contributed by atoms with Gasteiger partial charge in [-0.25, -0.2) is 0 Å². The summed E-state index contributed by atoms with van der Waals surface area (Å²) in [7, 11) is 0. The minimum absolute atomic E-state index is 0.366. The molecular weight excluding hydrogens is 258 g/mol. The molecule has 0 bridgehead atoms. The molecule has 0 amide bonds. The van der Waals surface area contributed by atoms with Crippen molar-refractivity contribution < 1.29 is 5.11 Å². The molecule has 2 rings (SSSR count). The van der Waals surface area contributed by atoms with Gasteiger partial charge in [-0.2, -0.15) is 0 Å². The summed E-state index contributed by atoms with van der Waals surface area (Å²) in [5.74, 6) is 0.366. The molecule has 0 aliphatic carbocycles. The van der Waals surface area contributed by atoms with Crippen molar-refractivity contribution in [2.75, 3.05) is 5.32 Å². The van der Waals surface area contributed by atoms with Gasteiger partial charge in [0.05, 0.1) is 0 Å². The van der Waals surface area contributed by atoms with Crippen molar-refractivity contribution in [1.29, 1.82) is 0 Å². The summed E-state index contributed by atoms with van der Waals surface area (Å²) in [6, 6.07) is 12.9. The van der Waals surface area contributed by atoms with Crippen LogP contribution in [-0.2, 0) is 6.42 Å². The smallest absolute Gasteiger partial charge is 0.118 e. The summed E-state index contributed by atoms with van der Waals surface area (Å²) in [6.07, 6.45) is 2.16. The maximum absolute atomic E-state index is 9.71. The van der Waals surface area contributed by atoms with Gasteiger partial charge in [0.25, 0.3) is 0 Å². The Bertz CT molecular complexity index is 619. The van der Waals surface area contributed by atoms with E-state index in [4.69, 9.17) is 0 Å². The van der Waals surface area contributed by atoms with Crippen LogP contribution in [0, 0.1) is 20.8 Å². The highest BCUT2D eigenvalue weighted by molar-refractivity contribution is 5.57. The Morgan fingerprint density at radius 2 is 1.81 bits per heavy atom. The number of rotatable bonds is 5. The first kappa shape index (κ1) is 15.4. The number of benzene rings is 2. The summed E-state index contributed by atoms with van der Waals surface area (Å²) in [6.45, 7) is 8.29. The lowest BCUT2D eigenvalue weighted by molar-refractivity contribution is 0.470. The third kappa shape index (κ3) is 4.25. The van der Waals surface area contributed by atoms with E-state index in [2.05, 4.69) is 43.4 Å². The summed E-state index contributed by atoms with van der Waals surface area (Å²) in [5.41, 5.74) is 5.82. The number of nitrogens with one attached hydrogen (secondary N) is 1. The quantitative estimate of drug-likeness (QED) is 0.776. The van der Waals surface area contributed by atoms with E-state index in [0.717, 1.165) is 29.7 Å². The van der Waals surface area contributed by atoms with Gasteiger partial charge in [-0.15, -0.1) is 0 Å². The van der Waals surface area contributed by atoms with Crippen molar-refractivity contribution in [1.82, 2.24) is 0 Å². The predicted molar refractivity (Wildman–Crippen MR) is 90.2 cm³/mol. The average Bonchev–Trinajstić information content (AvgIpc) is 2.43. The zero-order valence-corrected chi connectivity index (χ0v) is 13.4. The number of hydrogen-bond donors (Lipinski definition) is 2. The molecule has 0 saturated heterocycles. The molecule has 0 spiro atoms. The van der Waals surface area contributed by atoms with Crippen LogP contribution in [0.5, 0.6) is 5.75 Å². The number of phenolic OH excluding ortho intramolecular Hbond substituents is 1. The molecule has 1 atom stereocenters. The standard InChI is InChI=1S/C19H25NO/c1-13-6-5-7-17(10-13)9-8-16(4)20-18-11-15(3)19(21)12-14(18)2/h5-7,10-12,16,20-21H,8-9H2,1-4H3. The Labute approximate surface area is 127 Å². The Kier molecular flexibility index (Phi) is 4.89. The van der Waals surface area contributed by atoms with E-state index in [1.54, 1.807) is 0 Å². The maximum atomic E-state index is 9.71. The second-order valence-electron chi connectivity index (χ2n) is 6.03. The van der Waals surface area contributed by atoms with E-state index in [1.165, 1.54) is 11.1 Å². The van der Waals surface area contributed by atoms with E-state index in [1.807, 2.05) is 26.0 Å². The molecule has 0 saturated carbocycles. The molecule has 112 valence electrons. The van der Waals surface area contributed by atoms with Gasteiger partial charge in [0, 0.05) is 11.7 Å². The third-order valence-corrected chi connectivity index (χ3v) is 3.89. The van der Waals surface area contributed by atoms with Crippen molar-refractivity contribution in [2.24, 2.45) is 0 Å². The first-order valence-corrected chi connectivity index (χ1v) is 7.58. The Morgan fingerprint density at radius 3 is 2.52 bits per heavy atom. The fourth-order valence-electron chi connectivity index (χ4n) is 2.54. The van der Waals surface area contributed by atoms with E-state index < -0.39 is 0 Å². The highest BCUT2D eigenvalue weighted by atomic mass is 16.3. The van der Waals surface area contributed by atoms with Crippen LogP contribution in [0.4, 0.5) is 5.69 Å². The molecule has 2 N–H and O–H groups in total. The second kappa shape index (κ2) is 6.66. The molecule has 0 aliphatic rings. The highest BCUT2D eigenvalue weighted by Crippen LogP contribution is 2.25. The molecule has 0 aliphatic heterocycles. The van der Waals surface area contributed by atoms with Crippen LogP contribution >= 0.6 is 0 Å². The Balaban J connectivity index is 1.96. The Morgan fingerprint density at radius 1 is 1.05 bits per heavy atom. The summed E-state index contributed by atoms with van der Waals surface area (Å²) >= 11 is 0. The lowest BCUT2D eigenvalue weighted by Gasteiger charge is -2.18. The van der Waals surface area contributed by atoms with Crippen molar-refractivity contribution in [2.45, 2.75) is 46.6 Å². The molecule has 2 aromatic carbocycles. The van der Waals surface area contributed by atoms with Gasteiger partial charge >= 0.3 is 0 Å². The fourth-order valence-corrected chi connectivity index (χ4v) is 2.54. The lowest BCUT2D eigenvalue weighted by atomic mass is 10.0. The lowest BCUT2D eigenvalue weighted by Crippen LogP contribution is -2.16. The van der Waals surface area contributed by atoms with Crippen LogP contribution in [0.15, 0.2) is 36.4 Å². The number of aromatic hydroxyl groups is 1. The average molecular weight is 283 g/mol. The number of phenols is 1. The first-order chi connectivity index (χ1) is 9.95. The summed E-state index contributed by atoms with van der Waals surface area (Å²) in [4.78, 5) is 0. The highest BCUT2D eigenvalue weighted by Gasteiger charge is 2.07. The maximum Gasteiger partial charge on any atom is 0.118 e. The van der Waals surface area contributed by atoms with Crippen molar-refractivity contribution in [3.8, 4) is 5.75 Å². The zero-order valence-electron chi connectivity index (χ0n) is 13.4. The predicted octanol–water partition coefficient (Wildman–Crippen LogP) is 4.75. The summed E-state index contributed by atoms with van der Waals surface area (Å²) < 4.78 is 0. The van der Waals surface area contributed by atoms with E-state index in [9.17, 15) is 5.11 Å². The van der Waals surface area contributed by atoms with Crippen LogP contribution in [0.1, 0.15) is 35.6 Å². The molecule has 2 heteroatoms. The van der Waals surface area contributed by atoms with Crippen LogP contribution in [0.25, 0.3) is 0 Å². The molecule has 1 unspecified atom stereocenters. The van der Waals surface area contributed by atoms with Gasteiger partial charge in [-0.3, -0.25) is 0 Å². The number of anilines is 1. The van der Waals surface area contributed by atoms with Crippen LogP contribution in [-0.4, -0.2) is 11.1 Å². The SMILES string of the molecule is Cc1cccc(CCC(C)Nc2cc(C)c(O)cc2C)c1. The molecule has 2 aromatic rings. The topological polar surface area (TPSA) is 32.3 Å². The van der Waals surface area contributed by atoms with Crippen molar-refractivity contribution in [3.63, 3.8) is 0 Å². The first-order valence-electron chi connectivity index (χ1n) is 7.58. The number of hydrogen-bond acceptors (Lipinski definition) is 2. The minimum atomic E-state index is 0.366. The molecule has 0 aromatic heterocycles. The van der Waals surface area contributed by atoms with E-state index in [0.29, 0.717) is 11.8 Å². The molecule has 21 heavy (non-hydrogen) atoms. The fraction of sp³-hybridized carbons (Fsp3) is 0.368. The largest absolute Gasteiger partial charge is 0.508 e. The van der Waals surface area contributed by atoms with Crippen LogP contribution in [0.3, 0.4) is 0 Å². The van der Waals surface area contributed by atoms with Gasteiger partial charge in [-0.1, -0.05) is 29.8 Å². The van der Waals surface area contributed by atoms with Crippen LogP contribution < -0.4 is 5.32 Å². The molecule has 0 fully saturated rings. The van der Waals surface area contributed by atoms with Crippen molar-refractivity contribution in [3.05, 3.63) is 58.7 Å². The molecular formula is C19H25NO. The van der Waals surface area contributed by atoms with Crippen molar-refractivity contribution >= 4 is 5.69 Å². The van der Waals surface area contributed by atoms with Crippen LogP contribution in [0.2, 0.25) is 0 Å². The normalized spacial score (nSPS) is 12.2. The third-order valence-electron chi connectivity index (χ3n) is 3.89. The van der Waals surface area contributed by atoms with Gasteiger partial charge in [0.1, 0.15) is 5.75 Å². The van der Waals surface area contributed by atoms with Gasteiger partial charge < -0.3 is 10.4 Å². The van der Waals surface area contributed by atoms with Gasteiger partial charge in [0.2, 0.25) is 0 Å². The van der Waals surface area contributed by atoms with E-state index in [-0.39, 0.29) is 0 Å². The minimum Gasteiger partial charge on any atom is -0.508 e. The molecule has 0 radical (unpaired) electrons. The molecule has 2 nitrogen and oxygen atoms in total. The second-order valence-corrected chi connectivity index (χ2v) is 6.03. The zero-order chi connectivity index (χ0) is 15.4.